The van der Waals surface area contributed by atoms with E-state index in [2.05, 4.69) is 20.2 Å². The minimum Gasteiger partial charge on any atom is -0.493 e. The van der Waals surface area contributed by atoms with Crippen molar-refractivity contribution in [2.24, 2.45) is 0 Å². The second kappa shape index (κ2) is 9.97. The smallest absolute Gasteiger partial charge is 0.238 e. The van der Waals surface area contributed by atoms with Crippen LogP contribution in [0.2, 0.25) is 0 Å². The third-order valence-corrected chi connectivity index (χ3v) is 6.49. The molecule has 3 aromatic rings. The van der Waals surface area contributed by atoms with Gasteiger partial charge in [-0.15, -0.1) is 0 Å². The van der Waals surface area contributed by atoms with Gasteiger partial charge in [0.1, 0.15) is 12.2 Å². The first-order valence-electron chi connectivity index (χ1n) is 11.8. The molecule has 9 nitrogen and oxygen atoms in total. The topological polar surface area (TPSA) is 103 Å². The molecule has 0 aliphatic carbocycles. The lowest BCUT2D eigenvalue weighted by molar-refractivity contribution is -0.116. The Bertz CT molecular complexity index is 1270. The molecular weight excluding hydrogens is 448 g/mol. The Morgan fingerprint density at radius 2 is 2.00 bits per heavy atom. The number of carbonyl (C=O) groups is 2. The number of ketones is 1. The average molecular weight is 477 g/mol. The zero-order valence-electron chi connectivity index (χ0n) is 19.9. The molecule has 1 N–H and O–H groups in total. The van der Waals surface area contributed by atoms with Gasteiger partial charge >= 0.3 is 0 Å². The van der Waals surface area contributed by atoms with Crippen molar-refractivity contribution in [2.75, 3.05) is 51.9 Å². The maximum absolute atomic E-state index is 13.0. The predicted molar refractivity (Wildman–Crippen MR) is 130 cm³/mol. The zero-order valence-corrected chi connectivity index (χ0v) is 19.9. The highest BCUT2D eigenvalue weighted by molar-refractivity contribution is 6.08. The molecule has 1 unspecified atom stereocenters. The lowest BCUT2D eigenvalue weighted by atomic mass is 9.92. The molecule has 3 heterocycles. The molecule has 1 saturated heterocycles. The maximum atomic E-state index is 13.0. The van der Waals surface area contributed by atoms with E-state index in [0.29, 0.717) is 46.0 Å². The number of ether oxygens (including phenoxy) is 3. The quantitative estimate of drug-likeness (QED) is 0.391. The highest BCUT2D eigenvalue weighted by Crippen LogP contribution is 2.41. The van der Waals surface area contributed by atoms with Crippen LogP contribution in [0.25, 0.3) is 10.9 Å². The molecule has 35 heavy (non-hydrogen) atoms. The highest BCUT2D eigenvalue weighted by atomic mass is 16.5. The number of aromatic nitrogens is 2. The largest absolute Gasteiger partial charge is 0.493 e. The Morgan fingerprint density at radius 1 is 1.17 bits per heavy atom. The minimum absolute atomic E-state index is 0.0597. The molecule has 2 aromatic carbocycles. The van der Waals surface area contributed by atoms with Crippen molar-refractivity contribution in [1.29, 1.82) is 0 Å². The average Bonchev–Trinajstić information content (AvgIpc) is 3.21. The summed E-state index contributed by atoms with van der Waals surface area (Å²) in [6.45, 7) is 6.46. The van der Waals surface area contributed by atoms with Gasteiger partial charge in [-0.1, -0.05) is 0 Å². The maximum Gasteiger partial charge on any atom is 0.238 e. The summed E-state index contributed by atoms with van der Waals surface area (Å²) < 4.78 is 17.1. The van der Waals surface area contributed by atoms with E-state index in [4.69, 9.17) is 14.2 Å². The Morgan fingerprint density at radius 3 is 2.77 bits per heavy atom. The number of Topliss-reactive ketones (excluding diaryl/α,β-unsaturated/α-hetero) is 1. The Kier molecular flexibility index (Phi) is 6.61. The van der Waals surface area contributed by atoms with Gasteiger partial charge < -0.3 is 19.5 Å². The van der Waals surface area contributed by atoms with Gasteiger partial charge in [-0.2, -0.15) is 0 Å². The van der Waals surface area contributed by atoms with E-state index in [1.807, 2.05) is 12.1 Å². The van der Waals surface area contributed by atoms with Crippen molar-refractivity contribution < 1.29 is 23.8 Å². The third-order valence-electron chi connectivity index (χ3n) is 6.49. The second-order valence-electron chi connectivity index (χ2n) is 8.72. The molecule has 0 bridgehead atoms. The lowest BCUT2D eigenvalue weighted by Gasteiger charge is -2.26. The molecule has 0 spiro atoms. The molecular formula is C26H28N4O5. The number of morpholine rings is 1. The number of rotatable bonds is 8. The molecule has 1 aromatic heterocycles. The fraction of sp³-hybridized carbons (Fsp3) is 0.385. The van der Waals surface area contributed by atoms with Crippen LogP contribution in [0.4, 0.5) is 5.69 Å². The minimum atomic E-state index is -0.653. The number of methoxy groups -OCH3 is 1. The summed E-state index contributed by atoms with van der Waals surface area (Å²) in [5, 5.41) is 3.60. The van der Waals surface area contributed by atoms with Crippen molar-refractivity contribution in [3.8, 4) is 11.5 Å². The van der Waals surface area contributed by atoms with Gasteiger partial charge in [0.25, 0.3) is 0 Å². The first kappa shape index (κ1) is 23.2. The summed E-state index contributed by atoms with van der Waals surface area (Å²) in [5.74, 6) is 0.247. The highest BCUT2D eigenvalue weighted by Gasteiger charge is 2.35. The third kappa shape index (κ3) is 4.69. The Hall–Kier alpha value is -3.56. The van der Waals surface area contributed by atoms with Crippen LogP contribution in [0.5, 0.6) is 11.5 Å². The number of carbonyl (C=O) groups excluding carboxylic acids is 2. The van der Waals surface area contributed by atoms with E-state index in [1.54, 1.807) is 25.3 Å². The summed E-state index contributed by atoms with van der Waals surface area (Å²) in [6.07, 6.45) is 2.33. The van der Waals surface area contributed by atoms with Gasteiger partial charge in [0.05, 0.1) is 38.1 Å². The van der Waals surface area contributed by atoms with E-state index < -0.39 is 5.92 Å². The van der Waals surface area contributed by atoms with Gasteiger partial charge in [0, 0.05) is 42.3 Å². The summed E-state index contributed by atoms with van der Waals surface area (Å²) in [4.78, 5) is 36.2. The molecule has 1 amide bonds. The number of amides is 1. The standard InChI is InChI=1S/C26H28N4O5/c1-16(31)17-4-5-20-18(12-17)24(26(32)29-20)25-19-13-22(33-2)23(14-21(19)27-15-28-25)35-9-3-6-30-7-10-34-11-8-30/h4-5,12-15,24H,3,6-11H2,1-2H3,(H,29,32). The summed E-state index contributed by atoms with van der Waals surface area (Å²) in [5.41, 5.74) is 3.18. The zero-order chi connectivity index (χ0) is 24.4. The van der Waals surface area contributed by atoms with Crippen LogP contribution in [0, 0.1) is 0 Å². The SMILES string of the molecule is COc1cc2c(C3C(=O)Nc4ccc(C(C)=O)cc43)ncnc2cc1OCCCN1CCOCC1. The van der Waals surface area contributed by atoms with Crippen LogP contribution in [-0.4, -0.2) is 73.1 Å². The van der Waals surface area contributed by atoms with Gasteiger partial charge in [-0.3, -0.25) is 14.5 Å². The summed E-state index contributed by atoms with van der Waals surface area (Å²) in [7, 11) is 1.59. The molecule has 0 radical (unpaired) electrons. The summed E-state index contributed by atoms with van der Waals surface area (Å²) in [6, 6.07) is 8.89. The van der Waals surface area contributed by atoms with E-state index in [1.165, 1.54) is 13.3 Å². The van der Waals surface area contributed by atoms with E-state index in [-0.39, 0.29) is 11.7 Å². The molecule has 1 fully saturated rings. The van der Waals surface area contributed by atoms with Crippen LogP contribution in [0.3, 0.4) is 0 Å². The number of fused-ring (bicyclic) bond motifs is 2. The number of nitrogens with one attached hydrogen (secondary N) is 1. The van der Waals surface area contributed by atoms with E-state index in [0.717, 1.165) is 44.8 Å². The Labute approximate surface area is 203 Å². The number of hydrogen-bond acceptors (Lipinski definition) is 8. The number of nitrogens with zero attached hydrogens (tertiary/aromatic N) is 3. The Balaban J connectivity index is 1.42. The normalized spacial score (nSPS) is 17.8. The molecule has 182 valence electrons. The van der Waals surface area contributed by atoms with Crippen molar-refractivity contribution in [2.45, 2.75) is 19.3 Å². The number of hydrogen-bond donors (Lipinski definition) is 1. The van der Waals surface area contributed by atoms with Crippen LogP contribution in [0.1, 0.15) is 40.9 Å². The number of anilines is 1. The fourth-order valence-electron chi connectivity index (χ4n) is 4.63. The van der Waals surface area contributed by atoms with Crippen molar-refractivity contribution in [1.82, 2.24) is 14.9 Å². The van der Waals surface area contributed by atoms with Gasteiger partial charge in [-0.05, 0) is 43.2 Å². The second-order valence-corrected chi connectivity index (χ2v) is 8.72. The molecule has 1 atom stereocenters. The molecule has 5 rings (SSSR count). The fourth-order valence-corrected chi connectivity index (χ4v) is 4.63. The number of benzene rings is 2. The van der Waals surface area contributed by atoms with Gasteiger partial charge in [0.15, 0.2) is 17.3 Å². The van der Waals surface area contributed by atoms with Crippen LogP contribution < -0.4 is 14.8 Å². The van der Waals surface area contributed by atoms with Crippen LogP contribution in [0.15, 0.2) is 36.7 Å². The first-order valence-corrected chi connectivity index (χ1v) is 11.8. The van der Waals surface area contributed by atoms with Crippen molar-refractivity contribution >= 4 is 28.3 Å². The summed E-state index contributed by atoms with van der Waals surface area (Å²) >= 11 is 0. The van der Waals surface area contributed by atoms with Gasteiger partial charge in [0.2, 0.25) is 5.91 Å². The van der Waals surface area contributed by atoms with Crippen molar-refractivity contribution in [3.05, 3.63) is 53.5 Å². The van der Waals surface area contributed by atoms with E-state index in [9.17, 15) is 9.59 Å². The predicted octanol–water partition coefficient (Wildman–Crippen LogP) is 3.03. The van der Waals surface area contributed by atoms with Crippen molar-refractivity contribution in [3.63, 3.8) is 0 Å². The molecule has 9 heteroatoms. The van der Waals surface area contributed by atoms with Crippen LogP contribution in [-0.2, 0) is 9.53 Å². The van der Waals surface area contributed by atoms with Crippen LogP contribution >= 0.6 is 0 Å². The molecule has 2 aliphatic heterocycles. The first-order chi connectivity index (χ1) is 17.0. The van der Waals surface area contributed by atoms with Gasteiger partial charge in [-0.25, -0.2) is 9.97 Å². The monoisotopic (exact) mass is 476 g/mol. The van der Waals surface area contributed by atoms with E-state index >= 15 is 0 Å². The lowest BCUT2D eigenvalue weighted by Crippen LogP contribution is -2.37. The molecule has 0 saturated carbocycles. The molecule has 2 aliphatic rings.